The third kappa shape index (κ3) is 2.82. The highest BCUT2D eigenvalue weighted by Gasteiger charge is 2.28. The largest absolute Gasteiger partial charge is 0.481 e. The van der Waals surface area contributed by atoms with E-state index in [1.54, 1.807) is 6.92 Å². The topological polar surface area (TPSA) is 57.6 Å². The second-order valence-corrected chi connectivity index (χ2v) is 3.79. The van der Waals surface area contributed by atoms with Crippen molar-refractivity contribution in [2.75, 3.05) is 11.9 Å². The van der Waals surface area contributed by atoms with Gasteiger partial charge in [0.05, 0.1) is 0 Å². The molecule has 0 fully saturated rings. The number of hydrogen-bond donors (Lipinski definition) is 1. The molecule has 0 saturated heterocycles. The Hall–Kier alpha value is -1.98. The monoisotopic (exact) mass is 257 g/mol. The fourth-order valence-electron chi connectivity index (χ4n) is 1.51. The Morgan fingerprint density at radius 2 is 1.94 bits per heavy atom. The van der Waals surface area contributed by atoms with Crippen LogP contribution in [0.5, 0.6) is 0 Å². The van der Waals surface area contributed by atoms with Gasteiger partial charge in [0.1, 0.15) is 5.92 Å². The highest BCUT2D eigenvalue weighted by Crippen LogP contribution is 2.19. The summed E-state index contributed by atoms with van der Waals surface area (Å²) in [5, 5.41) is 8.86. The van der Waals surface area contributed by atoms with E-state index in [1.807, 2.05) is 0 Å². The maximum Gasteiger partial charge on any atom is 0.316 e. The molecular weight excluding hydrogens is 244 g/mol. The van der Waals surface area contributed by atoms with E-state index in [4.69, 9.17) is 5.11 Å². The number of carboxylic acid groups (broad SMARTS) is 1. The summed E-state index contributed by atoms with van der Waals surface area (Å²) in [7, 11) is 1.32. The highest BCUT2D eigenvalue weighted by atomic mass is 19.2. The number of carboxylic acids is 1. The normalized spacial score (nSPS) is 12.0. The van der Waals surface area contributed by atoms with Gasteiger partial charge >= 0.3 is 5.97 Å². The summed E-state index contributed by atoms with van der Waals surface area (Å²) in [5.41, 5.74) is 0.110. The van der Waals surface area contributed by atoms with E-state index in [9.17, 15) is 18.4 Å². The Morgan fingerprint density at radius 1 is 1.33 bits per heavy atom. The molecule has 0 heterocycles. The first-order valence-corrected chi connectivity index (χ1v) is 5.33. The molecule has 1 aromatic carbocycles. The van der Waals surface area contributed by atoms with Gasteiger partial charge in [-0.25, -0.2) is 8.78 Å². The molecule has 18 heavy (non-hydrogen) atoms. The molecule has 0 aliphatic carbocycles. The third-order valence-corrected chi connectivity index (χ3v) is 2.63. The van der Waals surface area contributed by atoms with E-state index in [2.05, 4.69) is 0 Å². The number of carbonyl (C=O) groups excluding carboxylic acids is 1. The molecule has 1 atom stereocenters. The molecule has 0 aliphatic heterocycles. The van der Waals surface area contributed by atoms with Gasteiger partial charge in [-0.05, 0) is 18.6 Å². The minimum atomic E-state index is -1.24. The second-order valence-electron chi connectivity index (χ2n) is 3.79. The number of benzene rings is 1. The van der Waals surface area contributed by atoms with Crippen molar-refractivity contribution in [3.63, 3.8) is 0 Å². The minimum Gasteiger partial charge on any atom is -0.481 e. The summed E-state index contributed by atoms with van der Waals surface area (Å²) < 4.78 is 25.8. The molecule has 0 bridgehead atoms. The number of hydrogen-bond acceptors (Lipinski definition) is 2. The van der Waals surface area contributed by atoms with Crippen LogP contribution in [0.2, 0.25) is 0 Å². The summed E-state index contributed by atoms with van der Waals surface area (Å²) in [5.74, 6) is -5.21. The number of amides is 1. The van der Waals surface area contributed by atoms with Crippen molar-refractivity contribution in [1.82, 2.24) is 0 Å². The molecule has 1 amide bonds. The Bertz CT molecular complexity index is 476. The van der Waals surface area contributed by atoms with E-state index in [0.717, 1.165) is 17.0 Å². The zero-order valence-corrected chi connectivity index (χ0v) is 9.98. The lowest BCUT2D eigenvalue weighted by Crippen LogP contribution is -2.36. The number of nitrogens with zero attached hydrogens (tertiary/aromatic N) is 1. The highest BCUT2D eigenvalue weighted by molar-refractivity contribution is 6.05. The third-order valence-electron chi connectivity index (χ3n) is 2.63. The molecule has 0 aromatic heterocycles. The first kappa shape index (κ1) is 14.1. The summed E-state index contributed by atoms with van der Waals surface area (Å²) >= 11 is 0. The zero-order chi connectivity index (χ0) is 13.9. The van der Waals surface area contributed by atoms with Gasteiger partial charge in [0.25, 0.3) is 0 Å². The van der Waals surface area contributed by atoms with Crippen molar-refractivity contribution >= 4 is 17.6 Å². The molecule has 6 heteroatoms. The van der Waals surface area contributed by atoms with Crippen LogP contribution in [0.25, 0.3) is 0 Å². The van der Waals surface area contributed by atoms with Crippen LogP contribution in [-0.4, -0.2) is 24.0 Å². The number of anilines is 1. The Morgan fingerprint density at radius 3 is 2.39 bits per heavy atom. The van der Waals surface area contributed by atoms with Gasteiger partial charge in [0.15, 0.2) is 11.6 Å². The Labute approximate surface area is 103 Å². The zero-order valence-electron chi connectivity index (χ0n) is 9.98. The fourth-order valence-corrected chi connectivity index (χ4v) is 1.51. The molecule has 4 nitrogen and oxygen atoms in total. The molecule has 1 unspecified atom stereocenters. The standard InChI is InChI=1S/C12H13F2NO3/c1-3-8(12(17)18)11(16)15(2)7-4-5-9(13)10(14)6-7/h4-6,8H,3H2,1-2H3,(H,17,18). The van der Waals surface area contributed by atoms with Gasteiger partial charge in [0, 0.05) is 18.8 Å². The van der Waals surface area contributed by atoms with E-state index < -0.39 is 29.4 Å². The maximum atomic E-state index is 13.0. The van der Waals surface area contributed by atoms with Crippen molar-refractivity contribution in [3.05, 3.63) is 29.8 Å². The molecule has 0 spiro atoms. The van der Waals surface area contributed by atoms with Gasteiger partial charge < -0.3 is 10.0 Å². The van der Waals surface area contributed by atoms with Gasteiger partial charge in [0.2, 0.25) is 5.91 Å². The average Bonchev–Trinajstić information content (AvgIpc) is 2.32. The van der Waals surface area contributed by atoms with E-state index in [1.165, 1.54) is 13.1 Å². The van der Waals surface area contributed by atoms with Crippen LogP contribution in [0.3, 0.4) is 0 Å². The van der Waals surface area contributed by atoms with Crippen molar-refractivity contribution in [3.8, 4) is 0 Å². The molecule has 0 aliphatic rings. The SMILES string of the molecule is CCC(C(=O)O)C(=O)N(C)c1ccc(F)c(F)c1. The van der Waals surface area contributed by atoms with Gasteiger partial charge in [-0.3, -0.25) is 9.59 Å². The van der Waals surface area contributed by atoms with Crippen molar-refractivity contribution < 1.29 is 23.5 Å². The quantitative estimate of drug-likeness (QED) is 0.840. The lowest BCUT2D eigenvalue weighted by molar-refractivity contribution is -0.146. The van der Waals surface area contributed by atoms with Gasteiger partial charge in [-0.1, -0.05) is 6.92 Å². The Balaban J connectivity index is 2.99. The molecule has 1 rings (SSSR count). The van der Waals surface area contributed by atoms with Gasteiger partial charge in [-0.2, -0.15) is 0 Å². The second kappa shape index (κ2) is 5.57. The van der Waals surface area contributed by atoms with Crippen molar-refractivity contribution in [1.29, 1.82) is 0 Å². The van der Waals surface area contributed by atoms with Crippen LogP contribution in [-0.2, 0) is 9.59 Å². The number of aliphatic carboxylic acids is 1. The molecular formula is C12H13F2NO3. The lowest BCUT2D eigenvalue weighted by atomic mass is 10.1. The predicted octanol–water partition coefficient (Wildman–Crippen LogP) is 2.04. The summed E-state index contributed by atoms with van der Waals surface area (Å²) in [6.45, 7) is 1.57. The number of halogens is 2. The molecule has 0 saturated carbocycles. The average molecular weight is 257 g/mol. The van der Waals surface area contributed by atoms with Crippen LogP contribution >= 0.6 is 0 Å². The van der Waals surface area contributed by atoms with E-state index >= 15 is 0 Å². The molecule has 98 valence electrons. The number of carbonyl (C=O) groups is 2. The molecule has 1 aromatic rings. The summed E-state index contributed by atoms with van der Waals surface area (Å²) in [6, 6.07) is 2.95. The van der Waals surface area contributed by atoms with Crippen LogP contribution in [0.1, 0.15) is 13.3 Å². The smallest absolute Gasteiger partial charge is 0.316 e. The van der Waals surface area contributed by atoms with E-state index in [-0.39, 0.29) is 12.1 Å². The predicted molar refractivity (Wildman–Crippen MR) is 61.2 cm³/mol. The summed E-state index contributed by atoms with van der Waals surface area (Å²) in [4.78, 5) is 23.7. The first-order valence-electron chi connectivity index (χ1n) is 5.33. The van der Waals surface area contributed by atoms with Crippen molar-refractivity contribution in [2.24, 2.45) is 5.92 Å². The molecule has 1 N–H and O–H groups in total. The molecule has 0 radical (unpaired) electrons. The summed E-state index contributed by atoms with van der Waals surface area (Å²) in [6.07, 6.45) is 0.127. The first-order chi connectivity index (χ1) is 8.38. The van der Waals surface area contributed by atoms with Crippen LogP contribution in [0, 0.1) is 17.6 Å². The number of rotatable bonds is 4. The van der Waals surface area contributed by atoms with Crippen LogP contribution in [0.4, 0.5) is 14.5 Å². The van der Waals surface area contributed by atoms with Gasteiger partial charge in [-0.15, -0.1) is 0 Å². The Kier molecular flexibility index (Phi) is 4.36. The van der Waals surface area contributed by atoms with Crippen LogP contribution in [0.15, 0.2) is 18.2 Å². The minimum absolute atomic E-state index is 0.110. The van der Waals surface area contributed by atoms with Crippen molar-refractivity contribution in [2.45, 2.75) is 13.3 Å². The fraction of sp³-hybridized carbons (Fsp3) is 0.333. The van der Waals surface area contributed by atoms with Crippen LogP contribution < -0.4 is 4.90 Å². The maximum absolute atomic E-state index is 13.0. The lowest BCUT2D eigenvalue weighted by Gasteiger charge is -2.20. The van der Waals surface area contributed by atoms with E-state index in [0.29, 0.717) is 0 Å².